The summed E-state index contributed by atoms with van der Waals surface area (Å²) in [4.78, 5) is 83.5. The molecule has 55 heavy (non-hydrogen) atoms. The highest BCUT2D eigenvalue weighted by atomic mass is 19.1. The zero-order valence-electron chi connectivity index (χ0n) is 32.2. The fourth-order valence-corrected chi connectivity index (χ4v) is 6.94. The van der Waals surface area contributed by atoms with Gasteiger partial charge in [-0.15, -0.1) is 0 Å². The van der Waals surface area contributed by atoms with Crippen LogP contribution in [0.1, 0.15) is 104 Å². The molecule has 0 spiro atoms. The molecule has 1 heterocycles. The Hall–Kier alpha value is -4.99. The van der Waals surface area contributed by atoms with E-state index in [1.165, 1.54) is 6.07 Å². The molecule has 1 fully saturated rings. The second-order valence-corrected chi connectivity index (χ2v) is 14.7. The molecule has 14 nitrogen and oxygen atoms in total. The first-order valence-corrected chi connectivity index (χ1v) is 18.6. The second-order valence-electron chi connectivity index (χ2n) is 14.7. The quantitative estimate of drug-likeness (QED) is 0.130. The fraction of sp³-hybridized carbons (Fsp3) is 0.564. The third-order valence-electron chi connectivity index (χ3n) is 9.72. The Kier molecular flexibility index (Phi) is 16.2. The van der Waals surface area contributed by atoms with E-state index < -0.39 is 89.7 Å². The summed E-state index contributed by atoms with van der Waals surface area (Å²) in [6.07, 6.45) is -1.26. The van der Waals surface area contributed by atoms with Crippen molar-refractivity contribution in [3.8, 4) is 0 Å². The van der Waals surface area contributed by atoms with Crippen LogP contribution < -0.4 is 16.0 Å². The van der Waals surface area contributed by atoms with Gasteiger partial charge in [0.1, 0.15) is 17.7 Å². The standard InChI is InChI=1S/C39H53F2N5O9/c1-7-9-46(10-8-2)37(51)30-18-29(21(5)42-22(30)6)35(49)44-31(13-23-11-26(40)17-27(41)12-23)32(47)19-33(48)45-34(20(3)4)36(50)43-28-15-24(38(52)53)14-25(16-28)39(54)55/h11-12,17-18,20,24-25,28,31-32,34,47H,7-10,13-16,19H2,1-6H3,(H,43,50)(H,44,49)(H,45,48)(H,52,53)(H,54,55)/t24?,25?,28?,31-,32+,34-/m0/s1. The van der Waals surface area contributed by atoms with E-state index in [2.05, 4.69) is 20.9 Å². The highest BCUT2D eigenvalue weighted by Crippen LogP contribution is 2.30. The molecule has 0 bridgehead atoms. The van der Waals surface area contributed by atoms with Gasteiger partial charge in [0.05, 0.1) is 52.9 Å². The van der Waals surface area contributed by atoms with Crippen LogP contribution in [0.25, 0.3) is 0 Å². The predicted octanol–water partition coefficient (Wildman–Crippen LogP) is 3.54. The van der Waals surface area contributed by atoms with Crippen molar-refractivity contribution in [2.24, 2.45) is 17.8 Å². The molecule has 5 atom stereocenters. The maximum atomic E-state index is 14.2. The van der Waals surface area contributed by atoms with Crippen LogP contribution in [0.2, 0.25) is 0 Å². The summed E-state index contributed by atoms with van der Waals surface area (Å²) in [6.45, 7) is 11.4. The lowest BCUT2D eigenvalue weighted by molar-refractivity contribution is -0.149. The number of hydrogen-bond donors (Lipinski definition) is 6. The number of benzene rings is 1. The van der Waals surface area contributed by atoms with Gasteiger partial charge in [0, 0.05) is 25.2 Å². The second kappa shape index (κ2) is 20.1. The van der Waals surface area contributed by atoms with E-state index >= 15 is 0 Å². The van der Waals surface area contributed by atoms with Gasteiger partial charge in [-0.3, -0.25) is 33.8 Å². The molecule has 1 aliphatic carbocycles. The minimum absolute atomic E-state index is 0.00570. The SMILES string of the molecule is CCCN(CCC)C(=O)c1cc(C(=O)N[C@@H](Cc2cc(F)cc(F)c2)[C@H](O)CC(=O)N[C@H](C(=O)NC2CC(C(=O)O)CC(C(=O)O)C2)C(C)C)c(C)nc1C. The van der Waals surface area contributed by atoms with E-state index in [9.17, 15) is 52.9 Å². The molecular formula is C39H53F2N5O9. The Morgan fingerprint density at radius 3 is 1.89 bits per heavy atom. The van der Waals surface area contributed by atoms with Gasteiger partial charge in [0.15, 0.2) is 0 Å². The van der Waals surface area contributed by atoms with Crippen LogP contribution in [-0.4, -0.2) is 98.1 Å². The molecule has 1 saturated carbocycles. The average Bonchev–Trinajstić information content (AvgIpc) is 3.09. The molecule has 6 N–H and O–H groups in total. The van der Waals surface area contributed by atoms with Crippen molar-refractivity contribution in [1.29, 1.82) is 0 Å². The lowest BCUT2D eigenvalue weighted by Crippen LogP contribution is -2.55. The number of halogens is 2. The van der Waals surface area contributed by atoms with Crippen LogP contribution in [0, 0.1) is 43.2 Å². The lowest BCUT2D eigenvalue weighted by Gasteiger charge is -2.33. The molecular weight excluding hydrogens is 720 g/mol. The summed E-state index contributed by atoms with van der Waals surface area (Å²) in [7, 11) is 0. The summed E-state index contributed by atoms with van der Waals surface area (Å²) >= 11 is 0. The Balaban J connectivity index is 1.84. The number of carboxylic acids is 2. The number of rotatable bonds is 18. The van der Waals surface area contributed by atoms with Gasteiger partial charge in [-0.1, -0.05) is 27.7 Å². The van der Waals surface area contributed by atoms with Crippen LogP contribution in [0.3, 0.4) is 0 Å². The van der Waals surface area contributed by atoms with Gasteiger partial charge in [-0.25, -0.2) is 8.78 Å². The van der Waals surface area contributed by atoms with E-state index in [1.807, 2.05) is 13.8 Å². The first-order valence-electron chi connectivity index (χ1n) is 18.6. The number of pyridine rings is 1. The normalized spacial score (nSPS) is 18.5. The van der Waals surface area contributed by atoms with Crippen LogP contribution in [0.15, 0.2) is 24.3 Å². The summed E-state index contributed by atoms with van der Waals surface area (Å²) in [5, 5.41) is 38.3. The molecule has 0 saturated heterocycles. The molecule has 2 unspecified atom stereocenters. The van der Waals surface area contributed by atoms with Crippen LogP contribution in [0.5, 0.6) is 0 Å². The van der Waals surface area contributed by atoms with Crippen LogP contribution >= 0.6 is 0 Å². The number of aliphatic hydroxyl groups is 1. The molecule has 3 rings (SSSR count). The van der Waals surface area contributed by atoms with Gasteiger partial charge in [0.2, 0.25) is 11.8 Å². The molecule has 1 aromatic heterocycles. The topological polar surface area (TPSA) is 215 Å². The highest BCUT2D eigenvalue weighted by Gasteiger charge is 2.38. The summed E-state index contributed by atoms with van der Waals surface area (Å²) in [6, 6.07) is 0.872. The molecule has 302 valence electrons. The summed E-state index contributed by atoms with van der Waals surface area (Å²) in [5.74, 6) is -9.17. The fourth-order valence-electron chi connectivity index (χ4n) is 6.94. The largest absolute Gasteiger partial charge is 0.481 e. The third kappa shape index (κ3) is 12.5. The molecule has 1 aromatic carbocycles. The van der Waals surface area contributed by atoms with E-state index in [0.717, 1.165) is 25.0 Å². The van der Waals surface area contributed by atoms with Gasteiger partial charge in [-0.2, -0.15) is 0 Å². The molecule has 1 aliphatic rings. The number of carbonyl (C=O) groups excluding carboxylic acids is 4. The molecule has 16 heteroatoms. The predicted molar refractivity (Wildman–Crippen MR) is 197 cm³/mol. The minimum Gasteiger partial charge on any atom is -0.481 e. The van der Waals surface area contributed by atoms with Crippen molar-refractivity contribution in [1.82, 2.24) is 25.8 Å². The lowest BCUT2D eigenvalue weighted by atomic mass is 9.78. The number of carboxylic acid groups (broad SMARTS) is 2. The highest BCUT2D eigenvalue weighted by molar-refractivity contribution is 6.01. The number of amides is 4. The Bertz CT molecular complexity index is 1690. The summed E-state index contributed by atoms with van der Waals surface area (Å²) in [5.41, 5.74) is 0.987. The van der Waals surface area contributed by atoms with Crippen molar-refractivity contribution in [2.75, 3.05) is 13.1 Å². The van der Waals surface area contributed by atoms with Crippen molar-refractivity contribution < 1.29 is 52.9 Å². The van der Waals surface area contributed by atoms with Gasteiger partial charge >= 0.3 is 11.9 Å². The smallest absolute Gasteiger partial charge is 0.306 e. The van der Waals surface area contributed by atoms with E-state index in [-0.39, 0.29) is 54.0 Å². The Labute approximate surface area is 319 Å². The molecule has 0 radical (unpaired) electrons. The zero-order valence-corrected chi connectivity index (χ0v) is 32.2. The summed E-state index contributed by atoms with van der Waals surface area (Å²) < 4.78 is 28.4. The zero-order chi connectivity index (χ0) is 41.1. The maximum Gasteiger partial charge on any atom is 0.306 e. The van der Waals surface area contributed by atoms with Crippen LogP contribution in [-0.2, 0) is 25.6 Å². The number of nitrogens with one attached hydrogen (secondary N) is 3. The Morgan fingerprint density at radius 2 is 1.38 bits per heavy atom. The van der Waals surface area contributed by atoms with Crippen molar-refractivity contribution in [3.05, 3.63) is 64.0 Å². The maximum absolute atomic E-state index is 14.2. The van der Waals surface area contributed by atoms with Crippen molar-refractivity contribution in [3.63, 3.8) is 0 Å². The number of carbonyl (C=O) groups is 6. The monoisotopic (exact) mass is 773 g/mol. The number of hydrogen-bond acceptors (Lipinski definition) is 8. The first-order chi connectivity index (χ1) is 25.8. The number of nitrogens with zero attached hydrogens (tertiary/aromatic N) is 2. The molecule has 0 aliphatic heterocycles. The number of aliphatic hydroxyl groups excluding tert-OH is 1. The van der Waals surface area contributed by atoms with Crippen LogP contribution in [0.4, 0.5) is 8.78 Å². The van der Waals surface area contributed by atoms with Gasteiger partial charge < -0.3 is 36.2 Å². The van der Waals surface area contributed by atoms with Gasteiger partial charge in [-0.05, 0) is 82.1 Å². The average molecular weight is 774 g/mol. The third-order valence-corrected chi connectivity index (χ3v) is 9.72. The number of aryl methyl sites for hydroxylation is 2. The van der Waals surface area contributed by atoms with E-state index in [0.29, 0.717) is 24.8 Å². The van der Waals surface area contributed by atoms with Crippen molar-refractivity contribution >= 4 is 35.6 Å². The van der Waals surface area contributed by atoms with Crippen molar-refractivity contribution in [2.45, 2.75) is 111 Å². The van der Waals surface area contributed by atoms with Gasteiger partial charge in [0.25, 0.3) is 11.8 Å². The Morgan fingerprint density at radius 1 is 0.836 bits per heavy atom. The van der Waals surface area contributed by atoms with E-state index in [1.54, 1.807) is 32.6 Å². The molecule has 4 amide bonds. The minimum atomic E-state index is -1.65. The first kappa shape index (κ1) is 44.4. The number of aromatic nitrogens is 1. The molecule has 2 aromatic rings. The number of aliphatic carboxylic acids is 2. The van der Waals surface area contributed by atoms with E-state index in [4.69, 9.17) is 0 Å².